The van der Waals surface area contributed by atoms with E-state index in [0.29, 0.717) is 12.2 Å². The van der Waals surface area contributed by atoms with Crippen LogP contribution in [-0.2, 0) is 4.79 Å². The monoisotopic (exact) mass is 285 g/mol. The number of hydrogen-bond donors (Lipinski definition) is 2. The van der Waals surface area contributed by atoms with Crippen LogP contribution in [0.3, 0.4) is 0 Å². The molecule has 0 bridgehead atoms. The standard InChI is InChI=1S/C12H16ClN3O3/c1-4-14-12(2,3)11(17)15-8-5-6-9(13)10(7-8)16(18)19/h5-7,14H,4H2,1-3H3,(H,15,17). The van der Waals surface area contributed by atoms with Crippen LogP contribution in [0.25, 0.3) is 0 Å². The Morgan fingerprint density at radius 1 is 1.47 bits per heavy atom. The first-order chi connectivity index (χ1) is 8.77. The van der Waals surface area contributed by atoms with Gasteiger partial charge in [-0.25, -0.2) is 0 Å². The highest BCUT2D eigenvalue weighted by molar-refractivity contribution is 6.32. The highest BCUT2D eigenvalue weighted by Crippen LogP contribution is 2.27. The normalized spacial score (nSPS) is 11.2. The minimum absolute atomic E-state index is 0.0361. The number of anilines is 1. The molecule has 0 fully saturated rings. The summed E-state index contributed by atoms with van der Waals surface area (Å²) in [6.45, 7) is 6.00. The quantitative estimate of drug-likeness (QED) is 0.643. The highest BCUT2D eigenvalue weighted by Gasteiger charge is 2.26. The summed E-state index contributed by atoms with van der Waals surface area (Å²) in [5, 5.41) is 16.4. The van der Waals surface area contributed by atoms with Crippen molar-refractivity contribution in [3.05, 3.63) is 33.3 Å². The van der Waals surface area contributed by atoms with Gasteiger partial charge in [0.25, 0.3) is 5.69 Å². The Kier molecular flexibility index (Phi) is 4.85. The van der Waals surface area contributed by atoms with Gasteiger partial charge in [0.15, 0.2) is 0 Å². The van der Waals surface area contributed by atoms with Gasteiger partial charge in [0, 0.05) is 11.8 Å². The molecule has 0 aliphatic rings. The highest BCUT2D eigenvalue weighted by atomic mass is 35.5. The molecule has 0 atom stereocenters. The number of likely N-dealkylation sites (N-methyl/N-ethyl adjacent to an activating group) is 1. The van der Waals surface area contributed by atoms with Crippen LogP contribution >= 0.6 is 11.6 Å². The van der Waals surface area contributed by atoms with Crippen LogP contribution in [0.2, 0.25) is 5.02 Å². The van der Waals surface area contributed by atoms with Crippen LogP contribution in [0, 0.1) is 10.1 Å². The van der Waals surface area contributed by atoms with Gasteiger partial charge in [-0.15, -0.1) is 0 Å². The average molecular weight is 286 g/mol. The molecule has 0 radical (unpaired) electrons. The molecule has 0 saturated heterocycles. The molecule has 0 unspecified atom stereocenters. The van der Waals surface area contributed by atoms with Gasteiger partial charge in [-0.2, -0.15) is 0 Å². The van der Waals surface area contributed by atoms with Crippen LogP contribution < -0.4 is 10.6 Å². The van der Waals surface area contributed by atoms with E-state index in [2.05, 4.69) is 10.6 Å². The lowest BCUT2D eigenvalue weighted by Crippen LogP contribution is -2.49. The fraction of sp³-hybridized carbons (Fsp3) is 0.417. The number of benzene rings is 1. The van der Waals surface area contributed by atoms with E-state index >= 15 is 0 Å². The molecular weight excluding hydrogens is 270 g/mol. The molecule has 19 heavy (non-hydrogen) atoms. The zero-order valence-corrected chi connectivity index (χ0v) is 11.7. The van der Waals surface area contributed by atoms with E-state index in [1.165, 1.54) is 18.2 Å². The van der Waals surface area contributed by atoms with Crippen LogP contribution in [0.1, 0.15) is 20.8 Å². The Morgan fingerprint density at radius 3 is 2.63 bits per heavy atom. The Labute approximate surface area is 116 Å². The smallest absolute Gasteiger partial charge is 0.289 e. The molecule has 0 aliphatic carbocycles. The van der Waals surface area contributed by atoms with E-state index in [-0.39, 0.29) is 16.6 Å². The number of nitro groups is 1. The van der Waals surface area contributed by atoms with Crippen LogP contribution in [0.4, 0.5) is 11.4 Å². The van der Waals surface area contributed by atoms with Crippen molar-refractivity contribution in [3.63, 3.8) is 0 Å². The van der Waals surface area contributed by atoms with E-state index in [0.717, 1.165) is 0 Å². The van der Waals surface area contributed by atoms with E-state index < -0.39 is 10.5 Å². The molecule has 1 amide bonds. The van der Waals surface area contributed by atoms with Crippen molar-refractivity contribution in [3.8, 4) is 0 Å². The van der Waals surface area contributed by atoms with E-state index in [4.69, 9.17) is 11.6 Å². The van der Waals surface area contributed by atoms with Crippen molar-refractivity contribution < 1.29 is 9.72 Å². The summed E-state index contributed by atoms with van der Waals surface area (Å²) in [5.41, 5.74) is -0.656. The van der Waals surface area contributed by atoms with Gasteiger partial charge in [-0.05, 0) is 32.5 Å². The second kappa shape index (κ2) is 5.99. The number of rotatable bonds is 5. The summed E-state index contributed by atoms with van der Waals surface area (Å²) in [7, 11) is 0. The number of hydrogen-bond acceptors (Lipinski definition) is 4. The second-order valence-corrected chi connectivity index (χ2v) is 4.94. The third kappa shape index (κ3) is 3.90. The third-order valence-corrected chi connectivity index (χ3v) is 2.91. The first-order valence-electron chi connectivity index (χ1n) is 5.78. The second-order valence-electron chi connectivity index (χ2n) is 4.53. The predicted molar refractivity (Wildman–Crippen MR) is 74.5 cm³/mol. The molecule has 0 heterocycles. The SMILES string of the molecule is CCNC(C)(C)C(=O)Nc1ccc(Cl)c([N+](=O)[O-])c1. The lowest BCUT2D eigenvalue weighted by Gasteiger charge is -2.24. The molecule has 2 N–H and O–H groups in total. The van der Waals surface area contributed by atoms with Gasteiger partial charge in [0.05, 0.1) is 10.5 Å². The van der Waals surface area contributed by atoms with Gasteiger partial charge in [0.2, 0.25) is 5.91 Å². The topological polar surface area (TPSA) is 84.3 Å². The van der Waals surface area contributed by atoms with Crippen molar-refractivity contribution in [2.45, 2.75) is 26.3 Å². The minimum Gasteiger partial charge on any atom is -0.324 e. The number of carbonyl (C=O) groups is 1. The van der Waals surface area contributed by atoms with Crippen molar-refractivity contribution in [2.75, 3.05) is 11.9 Å². The Hall–Kier alpha value is -1.66. The van der Waals surface area contributed by atoms with Gasteiger partial charge in [-0.3, -0.25) is 14.9 Å². The number of amides is 1. The summed E-state index contributed by atoms with van der Waals surface area (Å²) < 4.78 is 0. The maximum atomic E-state index is 12.0. The number of nitrogens with zero attached hydrogens (tertiary/aromatic N) is 1. The molecule has 0 saturated carbocycles. The molecular formula is C12H16ClN3O3. The average Bonchev–Trinajstić information content (AvgIpc) is 2.31. The van der Waals surface area contributed by atoms with Gasteiger partial charge in [-0.1, -0.05) is 18.5 Å². The predicted octanol–water partition coefficient (Wildman–Crippen LogP) is 2.57. The number of halogens is 1. The number of nitro benzene ring substituents is 1. The molecule has 6 nitrogen and oxygen atoms in total. The summed E-state index contributed by atoms with van der Waals surface area (Å²) in [4.78, 5) is 22.2. The van der Waals surface area contributed by atoms with E-state index in [1.54, 1.807) is 13.8 Å². The summed E-state index contributed by atoms with van der Waals surface area (Å²) in [6.07, 6.45) is 0. The fourth-order valence-corrected chi connectivity index (χ4v) is 1.73. The zero-order valence-electron chi connectivity index (χ0n) is 11.0. The zero-order chi connectivity index (χ0) is 14.6. The van der Waals surface area contributed by atoms with E-state index in [9.17, 15) is 14.9 Å². The minimum atomic E-state index is -0.761. The van der Waals surface area contributed by atoms with Crippen molar-refractivity contribution >= 4 is 28.9 Å². The molecule has 1 rings (SSSR count). The first-order valence-corrected chi connectivity index (χ1v) is 6.16. The fourth-order valence-electron chi connectivity index (χ4n) is 1.54. The third-order valence-electron chi connectivity index (χ3n) is 2.59. The number of nitrogens with one attached hydrogen (secondary N) is 2. The van der Waals surface area contributed by atoms with Crippen molar-refractivity contribution in [1.82, 2.24) is 5.32 Å². The Morgan fingerprint density at radius 2 is 2.11 bits per heavy atom. The van der Waals surface area contributed by atoms with Crippen molar-refractivity contribution in [1.29, 1.82) is 0 Å². The largest absolute Gasteiger partial charge is 0.324 e. The Balaban J connectivity index is 2.92. The van der Waals surface area contributed by atoms with Crippen LogP contribution in [0.15, 0.2) is 18.2 Å². The van der Waals surface area contributed by atoms with Gasteiger partial charge < -0.3 is 10.6 Å². The summed E-state index contributed by atoms with van der Waals surface area (Å²) >= 11 is 5.70. The molecule has 0 spiro atoms. The van der Waals surface area contributed by atoms with Crippen LogP contribution in [-0.4, -0.2) is 22.9 Å². The summed E-state index contributed by atoms with van der Waals surface area (Å²) in [6, 6.07) is 4.15. The van der Waals surface area contributed by atoms with E-state index in [1.807, 2.05) is 6.92 Å². The first kappa shape index (κ1) is 15.4. The molecule has 7 heteroatoms. The lowest BCUT2D eigenvalue weighted by molar-refractivity contribution is -0.384. The molecule has 1 aromatic rings. The van der Waals surface area contributed by atoms with Gasteiger partial charge >= 0.3 is 0 Å². The maximum Gasteiger partial charge on any atom is 0.289 e. The molecule has 1 aromatic carbocycles. The molecule has 104 valence electrons. The number of carbonyl (C=O) groups excluding carboxylic acids is 1. The molecule has 0 aliphatic heterocycles. The van der Waals surface area contributed by atoms with Crippen molar-refractivity contribution in [2.24, 2.45) is 0 Å². The van der Waals surface area contributed by atoms with Gasteiger partial charge in [0.1, 0.15) is 5.02 Å². The molecule has 0 aromatic heterocycles. The Bertz CT molecular complexity index is 503. The van der Waals surface area contributed by atoms with Crippen LogP contribution in [0.5, 0.6) is 0 Å². The summed E-state index contributed by atoms with van der Waals surface area (Å²) in [5.74, 6) is -0.272. The maximum absolute atomic E-state index is 12.0. The lowest BCUT2D eigenvalue weighted by atomic mass is 10.0.